The molecule has 0 unspecified atom stereocenters. The van der Waals surface area contributed by atoms with Crippen LogP contribution in [0, 0.1) is 0 Å². The molecule has 18 heavy (non-hydrogen) atoms. The van der Waals surface area contributed by atoms with Crippen LogP contribution in [0.3, 0.4) is 0 Å². The van der Waals surface area contributed by atoms with Gasteiger partial charge in [0, 0.05) is 0 Å². The summed E-state index contributed by atoms with van der Waals surface area (Å²) in [7, 11) is -8.44. The zero-order chi connectivity index (χ0) is 12.8. The van der Waals surface area contributed by atoms with Crippen molar-refractivity contribution in [2.75, 3.05) is 0 Å². The summed E-state index contributed by atoms with van der Waals surface area (Å²) in [5.74, 6) is 0. The van der Waals surface area contributed by atoms with E-state index in [1.807, 2.05) is 0 Å². The van der Waals surface area contributed by atoms with E-state index in [4.69, 9.17) is 16.5 Å². The molecule has 1 N–H and O–H groups in total. The fourth-order valence-electron chi connectivity index (χ4n) is 2.45. The van der Waals surface area contributed by atoms with Crippen LogP contribution in [-0.2, 0) is 16.5 Å². The average Bonchev–Trinajstić information content (AvgIpc) is 1.67. The van der Waals surface area contributed by atoms with Crippen molar-refractivity contribution in [3.8, 4) is 0 Å². The molecule has 0 aromatic heterocycles. The van der Waals surface area contributed by atoms with Gasteiger partial charge in [0.2, 0.25) is 0 Å². The van der Waals surface area contributed by atoms with Gasteiger partial charge in [-0.05, 0) is 52.4 Å². The molecule has 1 rings (SSSR count). The minimum absolute atomic E-state index is 0. The number of rotatable bonds is 0. The second kappa shape index (κ2) is 7.04. The number of hydrogen-bond acceptors (Lipinski definition) is 5. The monoisotopic (exact) mass is 352 g/mol. The van der Waals surface area contributed by atoms with Gasteiger partial charge in [-0.15, -0.1) is 0 Å². The van der Waals surface area contributed by atoms with Crippen molar-refractivity contribution in [3.05, 3.63) is 0 Å². The third-order valence-electron chi connectivity index (χ3n) is 1.97. The SMILES string of the molecule is C[Si]1(C)O[Si](C)(C)O[Si](C)(C)O[Si](C)(C)O1.[K+].[OH-]. The van der Waals surface area contributed by atoms with E-state index in [2.05, 4.69) is 52.4 Å². The molecule has 0 saturated carbocycles. The van der Waals surface area contributed by atoms with Crippen molar-refractivity contribution < 1.29 is 73.3 Å². The van der Waals surface area contributed by atoms with Crippen molar-refractivity contribution >= 4 is 34.2 Å². The summed E-state index contributed by atoms with van der Waals surface area (Å²) >= 11 is 0. The van der Waals surface area contributed by atoms with Gasteiger partial charge in [-0.2, -0.15) is 0 Å². The molecule has 1 aliphatic rings. The predicted molar refractivity (Wildman–Crippen MR) is 76.2 cm³/mol. The minimum atomic E-state index is -2.11. The van der Waals surface area contributed by atoms with Crippen LogP contribution >= 0.6 is 0 Å². The molecule has 1 saturated heterocycles. The Bertz CT molecular complexity index is 213. The zero-order valence-corrected chi connectivity index (χ0v) is 20.2. The summed E-state index contributed by atoms with van der Waals surface area (Å²) in [6.07, 6.45) is 0. The van der Waals surface area contributed by atoms with E-state index in [0.717, 1.165) is 0 Å². The quantitative estimate of drug-likeness (QED) is 0.560. The van der Waals surface area contributed by atoms with Gasteiger partial charge in [-0.1, -0.05) is 0 Å². The van der Waals surface area contributed by atoms with Gasteiger partial charge in [0.15, 0.2) is 0 Å². The normalized spacial score (nSPS) is 28.0. The fraction of sp³-hybridized carbons (Fsp3) is 1.00. The summed E-state index contributed by atoms with van der Waals surface area (Å²) in [6, 6.07) is 0. The maximum absolute atomic E-state index is 6.16. The third-order valence-corrected chi connectivity index (χ3v) is 17.7. The van der Waals surface area contributed by atoms with Gasteiger partial charge >= 0.3 is 85.6 Å². The average molecular weight is 353 g/mol. The Morgan fingerprint density at radius 2 is 0.556 bits per heavy atom. The molecule has 1 fully saturated rings. The Labute approximate surface area is 158 Å². The molecule has 0 bridgehead atoms. The third kappa shape index (κ3) is 7.92. The molecule has 10 heteroatoms. The van der Waals surface area contributed by atoms with Gasteiger partial charge in [-0.25, -0.2) is 0 Å². The predicted octanol–water partition coefficient (Wildman–Crippen LogP) is -0.299. The molecule has 1 aliphatic heterocycles. The fourth-order valence-corrected chi connectivity index (χ4v) is 23.6. The maximum Gasteiger partial charge on any atom is 1.00 e. The second-order valence-electron chi connectivity index (χ2n) is 6.01. The smallest absolute Gasteiger partial charge is 0.870 e. The first-order chi connectivity index (χ1) is 6.83. The van der Waals surface area contributed by atoms with Crippen LogP contribution in [0.4, 0.5) is 0 Å². The van der Waals surface area contributed by atoms with Gasteiger partial charge in [-0.3, -0.25) is 0 Å². The minimum Gasteiger partial charge on any atom is -0.870 e. The standard InChI is InChI=1S/C8H24O4Si4.K.H2O/c1-13(2)9-14(3,4)11-16(7,8)12-15(5,6)10-13;;/h1-8H3;;1H2/q;+1;/p-1. The Hall–Kier alpha value is 2.30. The van der Waals surface area contributed by atoms with Gasteiger partial charge in [0.25, 0.3) is 0 Å². The first kappa shape index (κ1) is 22.6. The Morgan fingerprint density at radius 1 is 0.444 bits per heavy atom. The van der Waals surface area contributed by atoms with E-state index < -0.39 is 34.2 Å². The van der Waals surface area contributed by atoms with E-state index in [0.29, 0.717) is 0 Å². The van der Waals surface area contributed by atoms with Crippen molar-refractivity contribution in [2.45, 2.75) is 52.4 Å². The largest absolute Gasteiger partial charge is 1.00 e. The van der Waals surface area contributed by atoms with Crippen LogP contribution < -0.4 is 51.4 Å². The summed E-state index contributed by atoms with van der Waals surface area (Å²) in [5.41, 5.74) is 0. The summed E-state index contributed by atoms with van der Waals surface area (Å²) in [5, 5.41) is 0. The maximum atomic E-state index is 6.16. The molecule has 0 amide bonds. The molecular formula is C8H25KO5Si4. The van der Waals surface area contributed by atoms with Crippen LogP contribution in [0.5, 0.6) is 0 Å². The van der Waals surface area contributed by atoms with E-state index in [9.17, 15) is 0 Å². The van der Waals surface area contributed by atoms with E-state index in [1.165, 1.54) is 0 Å². The Kier molecular flexibility index (Phi) is 8.84. The molecule has 1 heterocycles. The Morgan fingerprint density at radius 3 is 0.667 bits per heavy atom. The molecule has 5 nitrogen and oxygen atoms in total. The van der Waals surface area contributed by atoms with Crippen LogP contribution in [0.15, 0.2) is 0 Å². The van der Waals surface area contributed by atoms with E-state index in [-0.39, 0.29) is 56.9 Å². The van der Waals surface area contributed by atoms with Crippen LogP contribution in [0.25, 0.3) is 0 Å². The molecular weight excluding hydrogens is 328 g/mol. The van der Waals surface area contributed by atoms with E-state index in [1.54, 1.807) is 0 Å². The zero-order valence-electron chi connectivity index (χ0n) is 13.1. The molecule has 0 aromatic rings. The number of hydrogen-bond donors (Lipinski definition) is 0. The first-order valence-corrected chi connectivity index (χ1v) is 16.9. The topological polar surface area (TPSA) is 66.9 Å². The van der Waals surface area contributed by atoms with Crippen molar-refractivity contribution in [1.29, 1.82) is 0 Å². The van der Waals surface area contributed by atoms with Gasteiger partial charge in [0.1, 0.15) is 0 Å². The van der Waals surface area contributed by atoms with Crippen molar-refractivity contribution in [3.63, 3.8) is 0 Å². The van der Waals surface area contributed by atoms with Crippen LogP contribution in [0.1, 0.15) is 0 Å². The van der Waals surface area contributed by atoms with Crippen LogP contribution in [-0.4, -0.2) is 39.7 Å². The second-order valence-corrected chi connectivity index (χ2v) is 20.5. The summed E-state index contributed by atoms with van der Waals surface area (Å²) < 4.78 is 24.6. The molecule has 104 valence electrons. The van der Waals surface area contributed by atoms with Gasteiger partial charge < -0.3 is 21.9 Å². The van der Waals surface area contributed by atoms with Crippen molar-refractivity contribution in [1.82, 2.24) is 0 Å². The van der Waals surface area contributed by atoms with Crippen LogP contribution in [0.2, 0.25) is 52.4 Å². The van der Waals surface area contributed by atoms with E-state index >= 15 is 0 Å². The molecule has 0 aliphatic carbocycles. The Balaban J connectivity index is 0. The first-order valence-electron chi connectivity index (χ1n) is 5.63. The molecule has 0 aromatic carbocycles. The molecule has 0 radical (unpaired) electrons. The summed E-state index contributed by atoms with van der Waals surface area (Å²) in [6.45, 7) is 16.6. The van der Waals surface area contributed by atoms with Gasteiger partial charge in [0.05, 0.1) is 0 Å². The molecule has 0 spiro atoms. The molecule has 0 atom stereocenters. The summed E-state index contributed by atoms with van der Waals surface area (Å²) in [4.78, 5) is 0. The van der Waals surface area contributed by atoms with Crippen molar-refractivity contribution in [2.24, 2.45) is 0 Å².